The zero-order chi connectivity index (χ0) is 19.1. The molecule has 8 nitrogen and oxygen atoms in total. The Morgan fingerprint density at radius 2 is 2.15 bits per heavy atom. The topological polar surface area (TPSA) is 125 Å². The molecule has 0 fully saturated rings. The molecular weight excluding hydrogens is 338 g/mol. The number of nitro groups is 1. The van der Waals surface area contributed by atoms with E-state index in [9.17, 15) is 25.3 Å². The van der Waals surface area contributed by atoms with E-state index in [0.717, 1.165) is 12.1 Å². The summed E-state index contributed by atoms with van der Waals surface area (Å²) in [5.74, 6) is -0.596. The van der Waals surface area contributed by atoms with Gasteiger partial charge < -0.3 is 15.2 Å². The maximum atomic E-state index is 12.3. The van der Waals surface area contributed by atoms with Crippen LogP contribution in [0.15, 0.2) is 48.0 Å². The quantitative estimate of drug-likeness (QED) is 0.355. The van der Waals surface area contributed by atoms with Crippen molar-refractivity contribution in [3.05, 3.63) is 63.7 Å². The first-order valence-electron chi connectivity index (χ1n) is 7.58. The van der Waals surface area contributed by atoms with Gasteiger partial charge in [0.25, 0.3) is 5.91 Å². The van der Waals surface area contributed by atoms with Crippen LogP contribution in [-0.4, -0.2) is 22.5 Å². The second-order valence-corrected chi connectivity index (χ2v) is 5.09. The minimum absolute atomic E-state index is 0.240. The van der Waals surface area contributed by atoms with Crippen LogP contribution in [0.1, 0.15) is 12.5 Å². The lowest BCUT2D eigenvalue weighted by Crippen LogP contribution is -2.13. The number of carbonyl (C=O) groups excluding carboxylic acids is 1. The van der Waals surface area contributed by atoms with Crippen molar-refractivity contribution in [1.29, 1.82) is 5.26 Å². The largest absolute Gasteiger partial charge is 0.502 e. The van der Waals surface area contributed by atoms with Gasteiger partial charge in [0.2, 0.25) is 0 Å². The van der Waals surface area contributed by atoms with Gasteiger partial charge in [0.1, 0.15) is 17.4 Å². The third-order valence-electron chi connectivity index (χ3n) is 3.28. The zero-order valence-electron chi connectivity index (χ0n) is 13.8. The Kier molecular flexibility index (Phi) is 5.90. The Labute approximate surface area is 149 Å². The predicted octanol–water partition coefficient (Wildman–Crippen LogP) is 3.24. The van der Waals surface area contributed by atoms with E-state index in [1.165, 1.54) is 12.1 Å². The number of ether oxygens (including phenoxy) is 1. The average Bonchev–Trinajstić information content (AvgIpc) is 2.61. The molecular formula is C18H15N3O5. The summed E-state index contributed by atoms with van der Waals surface area (Å²) in [6.07, 6.45) is 1.20. The van der Waals surface area contributed by atoms with Crippen LogP contribution in [-0.2, 0) is 4.79 Å². The number of nitrogens with zero attached hydrogens (tertiary/aromatic N) is 2. The fourth-order valence-electron chi connectivity index (χ4n) is 2.12. The van der Waals surface area contributed by atoms with E-state index in [1.54, 1.807) is 30.3 Å². The van der Waals surface area contributed by atoms with Crippen molar-refractivity contribution in [3.8, 4) is 17.6 Å². The highest BCUT2D eigenvalue weighted by atomic mass is 16.6. The number of hydrogen-bond donors (Lipinski definition) is 2. The summed E-state index contributed by atoms with van der Waals surface area (Å²) in [4.78, 5) is 22.4. The van der Waals surface area contributed by atoms with Crippen LogP contribution < -0.4 is 10.1 Å². The van der Waals surface area contributed by atoms with E-state index in [2.05, 4.69) is 5.32 Å². The van der Waals surface area contributed by atoms with Crippen molar-refractivity contribution in [1.82, 2.24) is 0 Å². The maximum absolute atomic E-state index is 12.3. The summed E-state index contributed by atoms with van der Waals surface area (Å²) >= 11 is 0. The van der Waals surface area contributed by atoms with Gasteiger partial charge in [0.15, 0.2) is 5.75 Å². The normalized spacial score (nSPS) is 10.7. The highest BCUT2D eigenvalue weighted by Gasteiger charge is 2.15. The molecule has 8 heteroatoms. The summed E-state index contributed by atoms with van der Waals surface area (Å²) in [6.45, 7) is 2.30. The van der Waals surface area contributed by atoms with Crippen LogP contribution in [0.25, 0.3) is 6.08 Å². The Morgan fingerprint density at radius 1 is 1.38 bits per heavy atom. The third kappa shape index (κ3) is 4.58. The molecule has 0 saturated heterocycles. The molecule has 0 aliphatic heterocycles. The number of benzene rings is 2. The first kappa shape index (κ1) is 18.5. The second kappa shape index (κ2) is 8.30. The van der Waals surface area contributed by atoms with Crippen molar-refractivity contribution in [2.45, 2.75) is 6.92 Å². The second-order valence-electron chi connectivity index (χ2n) is 5.09. The molecule has 0 radical (unpaired) electrons. The van der Waals surface area contributed by atoms with Crippen molar-refractivity contribution in [2.24, 2.45) is 0 Å². The van der Waals surface area contributed by atoms with Crippen LogP contribution in [0.2, 0.25) is 0 Å². The zero-order valence-corrected chi connectivity index (χ0v) is 13.8. The van der Waals surface area contributed by atoms with E-state index >= 15 is 0 Å². The highest BCUT2D eigenvalue weighted by Crippen LogP contribution is 2.27. The third-order valence-corrected chi connectivity index (χ3v) is 3.28. The molecule has 0 atom stereocenters. The smallest absolute Gasteiger partial charge is 0.311 e. The van der Waals surface area contributed by atoms with Gasteiger partial charge in [0.05, 0.1) is 11.5 Å². The Balaban J connectivity index is 2.25. The monoisotopic (exact) mass is 353 g/mol. The summed E-state index contributed by atoms with van der Waals surface area (Å²) in [6, 6.07) is 12.0. The molecule has 0 heterocycles. The minimum Gasteiger partial charge on any atom is -0.502 e. The molecule has 132 valence electrons. The van der Waals surface area contributed by atoms with Gasteiger partial charge in [-0.25, -0.2) is 0 Å². The molecule has 0 saturated carbocycles. The lowest BCUT2D eigenvalue weighted by Gasteiger charge is -2.07. The molecule has 0 unspecified atom stereocenters. The van der Waals surface area contributed by atoms with Crippen LogP contribution in [0, 0.1) is 21.4 Å². The Morgan fingerprint density at radius 3 is 2.81 bits per heavy atom. The van der Waals surface area contributed by atoms with E-state index in [1.807, 2.05) is 6.92 Å². The van der Waals surface area contributed by atoms with Gasteiger partial charge in [-0.3, -0.25) is 14.9 Å². The van der Waals surface area contributed by atoms with Crippen molar-refractivity contribution in [3.63, 3.8) is 0 Å². The van der Waals surface area contributed by atoms with E-state index in [-0.39, 0.29) is 11.1 Å². The van der Waals surface area contributed by atoms with Gasteiger partial charge >= 0.3 is 5.69 Å². The average molecular weight is 353 g/mol. The lowest BCUT2D eigenvalue weighted by atomic mass is 10.1. The van der Waals surface area contributed by atoms with Gasteiger partial charge in [0, 0.05) is 17.8 Å². The van der Waals surface area contributed by atoms with Gasteiger partial charge in [-0.2, -0.15) is 5.26 Å². The van der Waals surface area contributed by atoms with Crippen LogP contribution in [0.5, 0.6) is 11.5 Å². The first-order chi connectivity index (χ1) is 12.4. The number of nitriles is 1. The number of carbonyl (C=O) groups is 1. The molecule has 2 rings (SSSR count). The van der Waals surface area contributed by atoms with Crippen LogP contribution >= 0.6 is 0 Å². The minimum atomic E-state index is -0.752. The highest BCUT2D eigenvalue weighted by molar-refractivity contribution is 6.09. The van der Waals surface area contributed by atoms with E-state index in [4.69, 9.17) is 4.74 Å². The fourth-order valence-corrected chi connectivity index (χ4v) is 2.12. The predicted molar refractivity (Wildman–Crippen MR) is 94.6 cm³/mol. The van der Waals surface area contributed by atoms with E-state index in [0.29, 0.717) is 18.0 Å². The molecule has 26 heavy (non-hydrogen) atoms. The molecule has 2 aromatic carbocycles. The number of hydrogen-bond acceptors (Lipinski definition) is 6. The standard InChI is InChI=1S/C18H15N3O5/c1-2-26-15-5-3-4-14(10-15)20-18(23)13(11-19)8-12-6-7-17(22)16(9-12)21(24)25/h3-10,22H,2H2,1H3,(H,20,23)/b13-8-. The number of nitrogens with one attached hydrogen (secondary N) is 1. The van der Waals surface area contributed by atoms with Gasteiger partial charge in [-0.1, -0.05) is 12.1 Å². The number of aromatic hydroxyl groups is 1. The number of nitro benzene ring substituents is 1. The SMILES string of the molecule is CCOc1cccc(NC(=O)/C(C#N)=C\c2ccc(O)c([N+](=O)[O-])c2)c1. The Hall–Kier alpha value is -3.86. The number of phenols is 1. The fraction of sp³-hybridized carbons (Fsp3) is 0.111. The molecule has 2 aromatic rings. The number of phenolic OH excluding ortho intramolecular Hbond substituents is 1. The Bertz CT molecular complexity index is 915. The van der Waals surface area contributed by atoms with Gasteiger partial charge in [-0.05, 0) is 36.8 Å². The first-order valence-corrected chi connectivity index (χ1v) is 7.58. The number of anilines is 1. The van der Waals surface area contributed by atoms with E-state index < -0.39 is 22.3 Å². The molecule has 0 spiro atoms. The molecule has 0 bridgehead atoms. The number of amides is 1. The summed E-state index contributed by atoms with van der Waals surface area (Å²) in [5, 5.41) is 32.1. The van der Waals surface area contributed by atoms with Crippen molar-refractivity contribution >= 4 is 23.4 Å². The number of rotatable bonds is 6. The lowest BCUT2D eigenvalue weighted by molar-refractivity contribution is -0.385. The van der Waals surface area contributed by atoms with Gasteiger partial charge in [-0.15, -0.1) is 0 Å². The summed E-state index contributed by atoms with van der Waals surface area (Å²) in [5.41, 5.74) is -0.0734. The van der Waals surface area contributed by atoms with Crippen LogP contribution in [0.3, 0.4) is 0 Å². The molecule has 0 aliphatic rings. The molecule has 1 amide bonds. The molecule has 0 aromatic heterocycles. The summed E-state index contributed by atoms with van der Waals surface area (Å²) < 4.78 is 5.34. The van der Waals surface area contributed by atoms with Crippen molar-refractivity contribution in [2.75, 3.05) is 11.9 Å². The molecule has 2 N–H and O–H groups in total. The van der Waals surface area contributed by atoms with Crippen molar-refractivity contribution < 1.29 is 19.6 Å². The summed E-state index contributed by atoms with van der Waals surface area (Å²) in [7, 11) is 0. The molecule has 0 aliphatic carbocycles. The van der Waals surface area contributed by atoms with Crippen LogP contribution in [0.4, 0.5) is 11.4 Å². The maximum Gasteiger partial charge on any atom is 0.311 e.